The van der Waals surface area contributed by atoms with Crippen LogP contribution in [-0.2, 0) is 0 Å². The van der Waals surface area contributed by atoms with Crippen LogP contribution in [0.25, 0.3) is 11.0 Å². The number of nitrogens with two attached hydrogens (primary N) is 1. The van der Waals surface area contributed by atoms with Gasteiger partial charge < -0.3 is 10.3 Å². The molecule has 2 aromatic rings. The largest absolute Gasteiger partial charge is 0.396 e. The van der Waals surface area contributed by atoms with Crippen LogP contribution in [0.2, 0.25) is 0 Å². The van der Waals surface area contributed by atoms with Crippen molar-refractivity contribution in [1.82, 2.24) is 5.16 Å². The number of aromatic nitrogens is 1. The van der Waals surface area contributed by atoms with Crippen molar-refractivity contribution in [2.75, 3.05) is 5.73 Å². The van der Waals surface area contributed by atoms with Crippen molar-refractivity contribution >= 4 is 16.7 Å². The SMILES string of the molecule is Nc1cccc2c(C3CCC3)noc12. The van der Waals surface area contributed by atoms with Gasteiger partial charge in [-0.2, -0.15) is 0 Å². The molecule has 1 fully saturated rings. The van der Waals surface area contributed by atoms with Crippen LogP contribution in [0, 0.1) is 0 Å². The predicted octanol–water partition coefficient (Wildman–Crippen LogP) is 2.68. The highest BCUT2D eigenvalue weighted by Crippen LogP contribution is 2.39. The summed E-state index contributed by atoms with van der Waals surface area (Å²) in [5.74, 6) is 0.595. The molecule has 3 rings (SSSR count). The van der Waals surface area contributed by atoms with Crippen LogP contribution in [0.4, 0.5) is 5.69 Å². The summed E-state index contributed by atoms with van der Waals surface area (Å²) in [6.45, 7) is 0. The maximum Gasteiger partial charge on any atom is 0.189 e. The van der Waals surface area contributed by atoms with Crippen molar-refractivity contribution in [3.63, 3.8) is 0 Å². The fourth-order valence-corrected chi connectivity index (χ4v) is 1.98. The van der Waals surface area contributed by atoms with E-state index in [0.717, 1.165) is 16.7 Å². The van der Waals surface area contributed by atoms with E-state index >= 15 is 0 Å². The molecule has 0 bridgehead atoms. The zero-order valence-corrected chi connectivity index (χ0v) is 7.86. The lowest BCUT2D eigenvalue weighted by Crippen LogP contribution is -2.09. The lowest BCUT2D eigenvalue weighted by Gasteiger charge is -2.22. The number of rotatable bonds is 1. The predicted molar refractivity (Wildman–Crippen MR) is 55.0 cm³/mol. The third-order valence-electron chi connectivity index (χ3n) is 3.05. The first kappa shape index (κ1) is 7.85. The van der Waals surface area contributed by atoms with Crippen molar-refractivity contribution in [1.29, 1.82) is 0 Å². The third-order valence-corrected chi connectivity index (χ3v) is 3.05. The van der Waals surface area contributed by atoms with Gasteiger partial charge in [0.15, 0.2) is 5.58 Å². The fraction of sp³-hybridized carbons (Fsp3) is 0.364. The summed E-state index contributed by atoms with van der Waals surface area (Å²) in [5, 5.41) is 5.22. The normalized spacial score (nSPS) is 17.1. The smallest absolute Gasteiger partial charge is 0.189 e. The van der Waals surface area contributed by atoms with Crippen LogP contribution >= 0.6 is 0 Å². The number of nitrogen functional groups attached to an aromatic ring is 1. The van der Waals surface area contributed by atoms with Gasteiger partial charge in [-0.05, 0) is 25.0 Å². The van der Waals surface area contributed by atoms with Crippen LogP contribution in [0.5, 0.6) is 0 Å². The zero-order chi connectivity index (χ0) is 9.54. The van der Waals surface area contributed by atoms with Crippen molar-refractivity contribution in [3.05, 3.63) is 23.9 Å². The molecular weight excluding hydrogens is 176 g/mol. The van der Waals surface area contributed by atoms with Gasteiger partial charge in [-0.1, -0.05) is 17.6 Å². The van der Waals surface area contributed by atoms with E-state index < -0.39 is 0 Å². The minimum absolute atomic E-state index is 0.595. The van der Waals surface area contributed by atoms with Crippen LogP contribution < -0.4 is 5.73 Å². The van der Waals surface area contributed by atoms with Crippen molar-refractivity contribution < 1.29 is 4.52 Å². The summed E-state index contributed by atoms with van der Waals surface area (Å²) in [7, 11) is 0. The Labute approximate surface area is 81.9 Å². The Kier molecular flexibility index (Phi) is 1.54. The first-order valence-corrected chi connectivity index (χ1v) is 5.00. The van der Waals surface area contributed by atoms with Gasteiger partial charge in [-0.3, -0.25) is 0 Å². The zero-order valence-electron chi connectivity index (χ0n) is 7.86. The summed E-state index contributed by atoms with van der Waals surface area (Å²) in [5.41, 5.74) is 8.32. The van der Waals surface area contributed by atoms with E-state index in [2.05, 4.69) is 5.16 Å². The number of para-hydroxylation sites is 1. The van der Waals surface area contributed by atoms with E-state index in [1.165, 1.54) is 19.3 Å². The molecule has 0 saturated heterocycles. The van der Waals surface area contributed by atoms with E-state index in [1.807, 2.05) is 18.2 Å². The number of hydrogen-bond acceptors (Lipinski definition) is 3. The Morgan fingerprint density at radius 3 is 2.93 bits per heavy atom. The molecule has 3 nitrogen and oxygen atoms in total. The molecule has 1 aromatic heterocycles. The Hall–Kier alpha value is -1.51. The Bertz CT molecular complexity index is 471. The van der Waals surface area contributed by atoms with Crippen LogP contribution in [-0.4, -0.2) is 5.16 Å². The Morgan fingerprint density at radius 2 is 2.21 bits per heavy atom. The van der Waals surface area contributed by atoms with Crippen LogP contribution in [0.15, 0.2) is 22.7 Å². The maximum absolute atomic E-state index is 5.80. The summed E-state index contributed by atoms with van der Waals surface area (Å²) >= 11 is 0. The fourth-order valence-electron chi connectivity index (χ4n) is 1.98. The average Bonchev–Trinajstić information content (AvgIpc) is 2.48. The molecule has 0 aliphatic heterocycles. The minimum atomic E-state index is 0.595. The van der Waals surface area contributed by atoms with Gasteiger partial charge in [0.1, 0.15) is 0 Å². The highest BCUT2D eigenvalue weighted by Gasteiger charge is 2.25. The van der Waals surface area contributed by atoms with Crippen molar-refractivity contribution in [2.24, 2.45) is 0 Å². The number of fused-ring (bicyclic) bond motifs is 1. The average molecular weight is 188 g/mol. The highest BCUT2D eigenvalue weighted by molar-refractivity contribution is 5.89. The quantitative estimate of drug-likeness (QED) is 0.700. The number of anilines is 1. The molecule has 1 aliphatic carbocycles. The Balaban J connectivity index is 2.20. The second-order valence-corrected chi connectivity index (χ2v) is 3.92. The van der Waals surface area contributed by atoms with Gasteiger partial charge in [0.25, 0.3) is 0 Å². The molecule has 0 radical (unpaired) electrons. The van der Waals surface area contributed by atoms with Gasteiger partial charge in [-0.25, -0.2) is 0 Å². The van der Waals surface area contributed by atoms with Gasteiger partial charge >= 0.3 is 0 Å². The molecule has 0 spiro atoms. The van der Waals surface area contributed by atoms with E-state index in [0.29, 0.717) is 11.6 Å². The molecule has 0 unspecified atom stereocenters. The summed E-state index contributed by atoms with van der Waals surface area (Å²) in [6, 6.07) is 5.84. The molecule has 0 amide bonds. The van der Waals surface area contributed by atoms with Crippen molar-refractivity contribution in [2.45, 2.75) is 25.2 Å². The van der Waals surface area contributed by atoms with E-state index in [1.54, 1.807) is 0 Å². The molecule has 1 aromatic carbocycles. The van der Waals surface area contributed by atoms with E-state index in [9.17, 15) is 0 Å². The van der Waals surface area contributed by atoms with Gasteiger partial charge in [-0.15, -0.1) is 0 Å². The third kappa shape index (κ3) is 0.953. The minimum Gasteiger partial charge on any atom is -0.396 e. The molecule has 14 heavy (non-hydrogen) atoms. The second kappa shape index (κ2) is 2.74. The molecule has 1 heterocycles. The maximum atomic E-state index is 5.80. The van der Waals surface area contributed by atoms with Gasteiger partial charge in [0.2, 0.25) is 0 Å². The summed E-state index contributed by atoms with van der Waals surface area (Å²) in [6.07, 6.45) is 3.77. The standard InChI is InChI=1S/C11H12N2O/c12-9-6-2-5-8-10(7-3-1-4-7)13-14-11(8)9/h2,5-7H,1,3-4,12H2. The van der Waals surface area contributed by atoms with E-state index in [4.69, 9.17) is 10.3 Å². The van der Waals surface area contributed by atoms with Crippen molar-refractivity contribution in [3.8, 4) is 0 Å². The Morgan fingerprint density at radius 1 is 1.36 bits per heavy atom. The topological polar surface area (TPSA) is 52.0 Å². The van der Waals surface area contributed by atoms with Crippen LogP contribution in [0.1, 0.15) is 30.9 Å². The van der Waals surface area contributed by atoms with Gasteiger partial charge in [0, 0.05) is 11.3 Å². The molecule has 1 saturated carbocycles. The molecule has 72 valence electrons. The monoisotopic (exact) mass is 188 g/mol. The van der Waals surface area contributed by atoms with E-state index in [-0.39, 0.29) is 0 Å². The number of nitrogens with zero attached hydrogens (tertiary/aromatic N) is 1. The number of hydrogen-bond donors (Lipinski definition) is 1. The molecule has 0 atom stereocenters. The lowest BCUT2D eigenvalue weighted by molar-refractivity contribution is 0.375. The highest BCUT2D eigenvalue weighted by atomic mass is 16.5. The molecular formula is C11H12N2O. The van der Waals surface area contributed by atoms with Crippen LogP contribution in [0.3, 0.4) is 0 Å². The second-order valence-electron chi connectivity index (χ2n) is 3.92. The molecule has 3 heteroatoms. The molecule has 2 N–H and O–H groups in total. The first-order valence-electron chi connectivity index (χ1n) is 5.00. The number of benzene rings is 1. The summed E-state index contributed by atoms with van der Waals surface area (Å²) in [4.78, 5) is 0. The lowest BCUT2D eigenvalue weighted by atomic mass is 9.82. The summed E-state index contributed by atoms with van der Waals surface area (Å²) < 4.78 is 5.26. The molecule has 1 aliphatic rings. The first-order chi connectivity index (χ1) is 6.86. The van der Waals surface area contributed by atoms with Gasteiger partial charge in [0.05, 0.1) is 11.4 Å².